The van der Waals surface area contributed by atoms with Crippen molar-refractivity contribution in [1.29, 1.82) is 0 Å². The van der Waals surface area contributed by atoms with Crippen LogP contribution in [0.3, 0.4) is 0 Å². The Bertz CT molecular complexity index is 626. The predicted molar refractivity (Wildman–Crippen MR) is 80.5 cm³/mol. The molecule has 3 rings (SSSR count). The molecule has 0 spiro atoms. The molecule has 104 valence electrons. The lowest BCUT2D eigenvalue weighted by Gasteiger charge is -2.36. The number of benzene rings is 1. The van der Waals surface area contributed by atoms with E-state index < -0.39 is 5.60 Å². The molecule has 1 amide bonds. The zero-order chi connectivity index (χ0) is 14.0. The Kier molecular flexibility index (Phi) is 3.54. The van der Waals surface area contributed by atoms with Crippen molar-refractivity contribution in [3.05, 3.63) is 35.3 Å². The largest absolute Gasteiger partial charge is 0.388 e. The second kappa shape index (κ2) is 5.34. The summed E-state index contributed by atoms with van der Waals surface area (Å²) in [7, 11) is 0. The third-order valence-electron chi connectivity index (χ3n) is 3.56. The summed E-state index contributed by atoms with van der Waals surface area (Å²) < 4.78 is 1.11. The molecule has 5 heteroatoms. The molecule has 1 aromatic heterocycles. The predicted octanol–water partition coefficient (Wildman–Crippen LogP) is 2.34. The summed E-state index contributed by atoms with van der Waals surface area (Å²) in [6.07, 6.45) is 5.77. The van der Waals surface area contributed by atoms with Crippen molar-refractivity contribution >= 4 is 33.5 Å². The lowest BCUT2D eigenvalue weighted by atomic mass is 9.80. The Balaban J connectivity index is 1.60. The number of aliphatic hydroxyl groups is 1. The van der Waals surface area contributed by atoms with E-state index in [1.807, 2.05) is 24.3 Å². The Morgan fingerprint density at radius 2 is 2.25 bits per heavy atom. The van der Waals surface area contributed by atoms with Gasteiger partial charge in [-0.2, -0.15) is 0 Å². The molecule has 4 nitrogen and oxygen atoms in total. The third kappa shape index (κ3) is 2.89. The van der Waals surface area contributed by atoms with E-state index in [2.05, 4.69) is 10.3 Å². The number of fused-ring (bicyclic) bond motifs is 1. The number of amides is 1. The van der Waals surface area contributed by atoms with Gasteiger partial charge in [0.2, 0.25) is 5.91 Å². The quantitative estimate of drug-likeness (QED) is 0.849. The van der Waals surface area contributed by atoms with E-state index in [0.717, 1.165) is 34.5 Å². The fourth-order valence-electron chi connectivity index (χ4n) is 2.18. The summed E-state index contributed by atoms with van der Waals surface area (Å²) in [5.41, 5.74) is 0.264. The van der Waals surface area contributed by atoms with Crippen LogP contribution in [0.1, 0.15) is 24.3 Å². The molecule has 0 atom stereocenters. The van der Waals surface area contributed by atoms with Gasteiger partial charge in [-0.25, -0.2) is 4.98 Å². The van der Waals surface area contributed by atoms with E-state index >= 15 is 0 Å². The van der Waals surface area contributed by atoms with Crippen LogP contribution in [-0.4, -0.2) is 28.1 Å². The molecule has 0 aliphatic heterocycles. The van der Waals surface area contributed by atoms with Gasteiger partial charge in [0.05, 0.1) is 15.8 Å². The molecule has 1 aliphatic carbocycles. The minimum Gasteiger partial charge on any atom is -0.388 e. The third-order valence-corrected chi connectivity index (χ3v) is 4.57. The van der Waals surface area contributed by atoms with E-state index in [0.29, 0.717) is 6.54 Å². The average Bonchev–Trinajstić information content (AvgIpc) is 2.83. The van der Waals surface area contributed by atoms with Crippen LogP contribution in [-0.2, 0) is 4.79 Å². The lowest BCUT2D eigenvalue weighted by molar-refractivity contribution is -0.118. The van der Waals surface area contributed by atoms with Gasteiger partial charge in [-0.3, -0.25) is 4.79 Å². The molecular formula is C15H16N2O2S. The fraction of sp³-hybridized carbons (Fsp3) is 0.333. The standard InChI is InChI=1S/C15H16N2O2S/c18-13(16-10-15(19)8-3-9-15)6-7-14-17-11-4-1-2-5-12(11)20-14/h1-2,4-7,19H,3,8-10H2,(H,16,18). The summed E-state index contributed by atoms with van der Waals surface area (Å²) in [6.45, 7) is 0.329. The van der Waals surface area contributed by atoms with Crippen molar-refractivity contribution in [3.8, 4) is 0 Å². The molecule has 2 N–H and O–H groups in total. The van der Waals surface area contributed by atoms with E-state index in [1.54, 1.807) is 17.4 Å². The summed E-state index contributed by atoms with van der Waals surface area (Å²) in [5.74, 6) is -0.190. The molecule has 0 unspecified atom stereocenters. The monoisotopic (exact) mass is 288 g/mol. The Labute approximate surface area is 121 Å². The molecule has 0 saturated heterocycles. The zero-order valence-electron chi connectivity index (χ0n) is 11.0. The van der Waals surface area contributed by atoms with Crippen LogP contribution in [0.25, 0.3) is 16.3 Å². The van der Waals surface area contributed by atoms with Gasteiger partial charge in [0.1, 0.15) is 5.01 Å². The smallest absolute Gasteiger partial charge is 0.244 e. The highest BCUT2D eigenvalue weighted by Crippen LogP contribution is 2.30. The molecule has 0 radical (unpaired) electrons. The molecule has 2 aromatic rings. The zero-order valence-corrected chi connectivity index (χ0v) is 11.8. The first-order valence-electron chi connectivity index (χ1n) is 6.69. The van der Waals surface area contributed by atoms with Gasteiger partial charge in [-0.05, 0) is 37.5 Å². The molecule has 1 fully saturated rings. The fourth-order valence-corrected chi connectivity index (χ4v) is 3.05. The normalized spacial score (nSPS) is 17.2. The first-order valence-corrected chi connectivity index (χ1v) is 7.50. The van der Waals surface area contributed by atoms with Crippen LogP contribution in [0.2, 0.25) is 0 Å². The minimum atomic E-state index is -0.681. The molecule has 1 heterocycles. The van der Waals surface area contributed by atoms with E-state index in [4.69, 9.17) is 0 Å². The van der Waals surface area contributed by atoms with Crippen LogP contribution in [0, 0.1) is 0 Å². The van der Waals surface area contributed by atoms with Crippen LogP contribution in [0.5, 0.6) is 0 Å². The molecule has 1 saturated carbocycles. The van der Waals surface area contributed by atoms with Gasteiger partial charge in [0.15, 0.2) is 0 Å². The van der Waals surface area contributed by atoms with Crippen molar-refractivity contribution < 1.29 is 9.90 Å². The molecule has 20 heavy (non-hydrogen) atoms. The summed E-state index contributed by atoms with van der Waals surface area (Å²) in [5, 5.41) is 13.4. The van der Waals surface area contributed by atoms with Crippen LogP contribution in [0.15, 0.2) is 30.3 Å². The topological polar surface area (TPSA) is 62.2 Å². The number of aromatic nitrogens is 1. The molecular weight excluding hydrogens is 272 g/mol. The average molecular weight is 288 g/mol. The molecule has 1 aromatic carbocycles. The van der Waals surface area contributed by atoms with Crippen molar-refractivity contribution in [1.82, 2.24) is 10.3 Å². The highest BCUT2D eigenvalue weighted by Gasteiger charge is 2.34. The SMILES string of the molecule is O=C(C=Cc1nc2ccccc2s1)NCC1(O)CCC1. The summed E-state index contributed by atoms with van der Waals surface area (Å²) in [6, 6.07) is 7.88. The number of nitrogens with one attached hydrogen (secondary N) is 1. The van der Waals surface area contributed by atoms with Gasteiger partial charge >= 0.3 is 0 Å². The lowest BCUT2D eigenvalue weighted by Crippen LogP contribution is -2.47. The number of nitrogens with zero attached hydrogens (tertiary/aromatic N) is 1. The van der Waals surface area contributed by atoms with Gasteiger partial charge in [-0.15, -0.1) is 11.3 Å². The Morgan fingerprint density at radius 3 is 2.95 bits per heavy atom. The number of hydrogen-bond donors (Lipinski definition) is 2. The van der Waals surface area contributed by atoms with E-state index in [-0.39, 0.29) is 5.91 Å². The van der Waals surface area contributed by atoms with Gasteiger partial charge in [-0.1, -0.05) is 12.1 Å². The Hall–Kier alpha value is -1.72. The summed E-state index contributed by atoms with van der Waals surface area (Å²) in [4.78, 5) is 16.1. The highest BCUT2D eigenvalue weighted by atomic mass is 32.1. The second-order valence-corrected chi connectivity index (χ2v) is 6.21. The maximum absolute atomic E-state index is 11.7. The second-order valence-electron chi connectivity index (χ2n) is 5.15. The summed E-state index contributed by atoms with van der Waals surface area (Å²) >= 11 is 1.55. The molecule has 1 aliphatic rings. The Morgan fingerprint density at radius 1 is 1.45 bits per heavy atom. The van der Waals surface area contributed by atoms with Crippen molar-refractivity contribution in [2.24, 2.45) is 0 Å². The van der Waals surface area contributed by atoms with Crippen molar-refractivity contribution in [2.45, 2.75) is 24.9 Å². The number of carbonyl (C=O) groups excluding carboxylic acids is 1. The van der Waals surface area contributed by atoms with Crippen molar-refractivity contribution in [2.75, 3.05) is 6.54 Å². The number of hydrogen-bond acceptors (Lipinski definition) is 4. The van der Waals surface area contributed by atoms with Crippen LogP contribution >= 0.6 is 11.3 Å². The number of thiazole rings is 1. The first-order chi connectivity index (χ1) is 9.65. The maximum atomic E-state index is 11.7. The van der Waals surface area contributed by atoms with Crippen LogP contribution < -0.4 is 5.32 Å². The minimum absolute atomic E-state index is 0.190. The first kappa shape index (κ1) is 13.3. The highest BCUT2D eigenvalue weighted by molar-refractivity contribution is 7.19. The van der Waals surface area contributed by atoms with Crippen molar-refractivity contribution in [3.63, 3.8) is 0 Å². The number of carbonyl (C=O) groups is 1. The van der Waals surface area contributed by atoms with E-state index in [1.165, 1.54) is 6.08 Å². The van der Waals surface area contributed by atoms with Gasteiger partial charge in [0.25, 0.3) is 0 Å². The van der Waals surface area contributed by atoms with Gasteiger partial charge < -0.3 is 10.4 Å². The number of para-hydroxylation sites is 1. The number of rotatable bonds is 4. The van der Waals surface area contributed by atoms with Crippen LogP contribution in [0.4, 0.5) is 0 Å². The maximum Gasteiger partial charge on any atom is 0.244 e. The van der Waals surface area contributed by atoms with E-state index in [9.17, 15) is 9.90 Å². The van der Waals surface area contributed by atoms with Gasteiger partial charge in [0, 0.05) is 12.6 Å². The molecule has 0 bridgehead atoms.